The molecule has 13 N–H and O–H groups in total. The average Bonchev–Trinajstić information content (AvgIpc) is 2.97. The monoisotopic (exact) mass is 705 g/mol. The van der Waals surface area contributed by atoms with Gasteiger partial charge in [-0.25, -0.2) is 4.79 Å². The second-order valence-electron chi connectivity index (χ2n) is 12.4. The van der Waals surface area contributed by atoms with Gasteiger partial charge in [0.2, 0.25) is 35.4 Å². The molecule has 0 aliphatic carbocycles. The van der Waals surface area contributed by atoms with Crippen LogP contribution < -0.4 is 37.6 Å². The molecule has 0 aliphatic heterocycles. The number of aliphatic carboxylic acids is 2. The van der Waals surface area contributed by atoms with Gasteiger partial charge in [-0.15, -0.1) is 0 Å². The molecule has 0 aromatic heterocycles. The Morgan fingerprint density at radius 2 is 0.878 bits per heavy atom. The van der Waals surface area contributed by atoms with Gasteiger partial charge in [0.05, 0.1) is 24.7 Å². The number of carboxylic acid groups (broad SMARTS) is 2. The van der Waals surface area contributed by atoms with Crippen LogP contribution in [-0.4, -0.2) is 134 Å². The van der Waals surface area contributed by atoms with Gasteiger partial charge in [0.15, 0.2) is 6.04 Å². The van der Waals surface area contributed by atoms with Crippen molar-refractivity contribution in [1.82, 2.24) is 31.9 Å². The standard InChI is InChI=1S/C29H51N7O13/c1-10(2)19(33-27(46)20(11(3)4)34-28(47)21(14(7)38)35-25(44)18(30)13(6)37)26(45)31-12(5)23(42)32-16(9-17(40)41)24(43)36-22(15(8)39)29(48)49/h10-16,18-22,37-39H,9,30H2,1-8H3,(H,31,45)(H,32,42)(H,33,46)(H,34,47)(H,35,44)(H,36,43)(H,40,41)(H,48,49). The summed E-state index contributed by atoms with van der Waals surface area (Å²) in [5, 5.41) is 61.2. The molecule has 0 fully saturated rings. The number of aliphatic hydroxyl groups is 3. The number of rotatable bonds is 20. The summed E-state index contributed by atoms with van der Waals surface area (Å²) in [5.41, 5.74) is 5.59. The van der Waals surface area contributed by atoms with Crippen LogP contribution in [0.2, 0.25) is 0 Å². The van der Waals surface area contributed by atoms with Gasteiger partial charge in [-0.05, 0) is 39.5 Å². The Kier molecular flexibility index (Phi) is 18.4. The van der Waals surface area contributed by atoms with Crippen LogP contribution in [0.25, 0.3) is 0 Å². The molecule has 10 unspecified atom stereocenters. The SMILES string of the molecule is CC(NC(=O)C(NC(=O)C(NC(=O)C(NC(=O)C(N)C(C)O)C(C)O)C(C)C)C(C)C)C(=O)NC(CC(=O)O)C(=O)NC(C(=O)O)C(C)O. The smallest absolute Gasteiger partial charge is 0.328 e. The minimum Gasteiger partial charge on any atom is -0.481 e. The molecule has 0 rings (SSSR count). The van der Waals surface area contributed by atoms with E-state index in [1.807, 2.05) is 5.32 Å². The predicted octanol–water partition coefficient (Wildman–Crippen LogP) is -4.74. The van der Waals surface area contributed by atoms with Gasteiger partial charge in [0, 0.05) is 0 Å². The van der Waals surface area contributed by atoms with E-state index in [9.17, 15) is 63.9 Å². The fourth-order valence-electron chi connectivity index (χ4n) is 4.12. The van der Waals surface area contributed by atoms with Crippen molar-refractivity contribution >= 4 is 47.4 Å². The summed E-state index contributed by atoms with van der Waals surface area (Å²) < 4.78 is 0. The Hall–Kier alpha value is -4.40. The molecule has 0 aliphatic rings. The summed E-state index contributed by atoms with van der Waals surface area (Å²) in [6, 6.07) is -10.6. The van der Waals surface area contributed by atoms with Gasteiger partial charge in [-0.1, -0.05) is 27.7 Å². The number of carbonyl (C=O) groups is 8. The molecule has 10 atom stereocenters. The summed E-state index contributed by atoms with van der Waals surface area (Å²) in [6.07, 6.45) is -5.24. The van der Waals surface area contributed by atoms with Crippen molar-refractivity contribution in [3.63, 3.8) is 0 Å². The van der Waals surface area contributed by atoms with Crippen LogP contribution in [0.1, 0.15) is 61.8 Å². The first-order valence-corrected chi connectivity index (χ1v) is 15.5. The van der Waals surface area contributed by atoms with E-state index < -0.39 is 126 Å². The van der Waals surface area contributed by atoms with Crippen LogP contribution in [0.15, 0.2) is 0 Å². The summed E-state index contributed by atoms with van der Waals surface area (Å²) in [7, 11) is 0. The first kappa shape index (κ1) is 44.6. The second-order valence-corrected chi connectivity index (χ2v) is 12.4. The van der Waals surface area contributed by atoms with Gasteiger partial charge >= 0.3 is 11.9 Å². The summed E-state index contributed by atoms with van der Waals surface area (Å²) in [4.78, 5) is 100.0. The van der Waals surface area contributed by atoms with Crippen molar-refractivity contribution in [2.75, 3.05) is 0 Å². The molecular weight excluding hydrogens is 654 g/mol. The van der Waals surface area contributed by atoms with Crippen LogP contribution in [0.4, 0.5) is 0 Å². The first-order valence-electron chi connectivity index (χ1n) is 15.5. The number of carboxylic acids is 2. The third kappa shape index (κ3) is 14.7. The van der Waals surface area contributed by atoms with E-state index in [-0.39, 0.29) is 0 Å². The summed E-state index contributed by atoms with van der Waals surface area (Å²) in [6.45, 7) is 11.0. The van der Waals surface area contributed by atoms with Crippen LogP contribution in [0.3, 0.4) is 0 Å². The van der Waals surface area contributed by atoms with E-state index in [0.29, 0.717) is 0 Å². The Morgan fingerprint density at radius 3 is 1.24 bits per heavy atom. The molecule has 0 aromatic rings. The highest BCUT2D eigenvalue weighted by Gasteiger charge is 2.36. The lowest BCUT2D eigenvalue weighted by molar-refractivity contribution is -0.146. The zero-order chi connectivity index (χ0) is 38.5. The fraction of sp³-hybridized carbons (Fsp3) is 0.724. The van der Waals surface area contributed by atoms with Crippen molar-refractivity contribution in [2.24, 2.45) is 17.6 Å². The number of hydrogen-bond acceptors (Lipinski definition) is 12. The van der Waals surface area contributed by atoms with Crippen LogP contribution in [0, 0.1) is 11.8 Å². The Bertz CT molecular complexity index is 1210. The number of aliphatic hydroxyl groups excluding tert-OH is 3. The predicted molar refractivity (Wildman–Crippen MR) is 170 cm³/mol. The van der Waals surface area contributed by atoms with Crippen LogP contribution in [-0.2, 0) is 38.4 Å². The van der Waals surface area contributed by atoms with Crippen molar-refractivity contribution in [3.8, 4) is 0 Å². The maximum Gasteiger partial charge on any atom is 0.328 e. The average molecular weight is 706 g/mol. The molecule has 6 amide bonds. The maximum atomic E-state index is 13.3. The van der Waals surface area contributed by atoms with Crippen LogP contribution >= 0.6 is 0 Å². The molecule has 0 heterocycles. The Labute approximate surface area is 283 Å². The Morgan fingerprint density at radius 1 is 0.490 bits per heavy atom. The van der Waals surface area contributed by atoms with Crippen molar-refractivity contribution in [2.45, 2.75) is 122 Å². The molecule has 20 heteroatoms. The molecule has 0 aromatic carbocycles. The summed E-state index contributed by atoms with van der Waals surface area (Å²) in [5.74, 6) is -10.2. The molecule has 20 nitrogen and oxygen atoms in total. The van der Waals surface area contributed by atoms with E-state index in [4.69, 9.17) is 5.73 Å². The van der Waals surface area contributed by atoms with Gasteiger partial charge in [0.1, 0.15) is 36.3 Å². The third-order valence-electron chi connectivity index (χ3n) is 7.19. The highest BCUT2D eigenvalue weighted by molar-refractivity contribution is 5.97. The lowest BCUT2D eigenvalue weighted by atomic mass is 9.98. The van der Waals surface area contributed by atoms with Crippen molar-refractivity contribution in [1.29, 1.82) is 0 Å². The van der Waals surface area contributed by atoms with Gasteiger partial charge in [-0.2, -0.15) is 0 Å². The van der Waals surface area contributed by atoms with E-state index in [1.54, 1.807) is 27.7 Å². The second kappa shape index (κ2) is 20.2. The zero-order valence-electron chi connectivity index (χ0n) is 28.7. The van der Waals surface area contributed by atoms with Crippen molar-refractivity contribution in [3.05, 3.63) is 0 Å². The Balaban J connectivity index is 5.80. The number of hydrogen-bond donors (Lipinski definition) is 12. The zero-order valence-corrected chi connectivity index (χ0v) is 28.7. The van der Waals surface area contributed by atoms with Crippen molar-refractivity contribution < 1.29 is 63.9 Å². The quantitative estimate of drug-likeness (QED) is 0.0566. The maximum absolute atomic E-state index is 13.3. The van der Waals surface area contributed by atoms with E-state index in [1.165, 1.54) is 20.8 Å². The number of nitrogens with two attached hydrogens (primary N) is 1. The van der Waals surface area contributed by atoms with E-state index in [2.05, 4.69) is 26.6 Å². The lowest BCUT2D eigenvalue weighted by Gasteiger charge is -2.30. The molecule has 0 saturated carbocycles. The third-order valence-corrected chi connectivity index (χ3v) is 7.19. The first-order chi connectivity index (χ1) is 22.4. The molecular formula is C29H51N7O13. The molecule has 0 saturated heterocycles. The lowest BCUT2D eigenvalue weighted by Crippen LogP contribution is -2.62. The number of carbonyl (C=O) groups excluding carboxylic acids is 6. The summed E-state index contributed by atoms with van der Waals surface area (Å²) >= 11 is 0. The molecule has 0 bridgehead atoms. The fourth-order valence-corrected chi connectivity index (χ4v) is 4.12. The minimum absolute atomic E-state index is 0.582. The molecule has 49 heavy (non-hydrogen) atoms. The van der Waals surface area contributed by atoms with E-state index >= 15 is 0 Å². The molecule has 0 radical (unpaired) electrons. The number of nitrogens with one attached hydrogen (secondary N) is 6. The van der Waals surface area contributed by atoms with Gasteiger partial charge in [-0.3, -0.25) is 33.6 Å². The van der Waals surface area contributed by atoms with Crippen LogP contribution in [0.5, 0.6) is 0 Å². The van der Waals surface area contributed by atoms with Gasteiger partial charge < -0.3 is 63.2 Å². The topological polar surface area (TPSA) is 336 Å². The van der Waals surface area contributed by atoms with E-state index in [0.717, 1.165) is 6.92 Å². The van der Waals surface area contributed by atoms with Gasteiger partial charge in [0.25, 0.3) is 0 Å². The normalized spacial score (nSPS) is 17.4. The molecule has 280 valence electrons. The highest BCUT2D eigenvalue weighted by Crippen LogP contribution is 2.09. The number of amides is 6. The largest absolute Gasteiger partial charge is 0.481 e. The highest BCUT2D eigenvalue weighted by atomic mass is 16.4. The molecule has 0 spiro atoms. The minimum atomic E-state index is -1.81.